The van der Waals surface area contributed by atoms with Crippen LogP contribution in [0.2, 0.25) is 5.02 Å². The quantitative estimate of drug-likeness (QED) is 0.826. The SMILES string of the molecule is CC1CC2CC(C)CC(NCc3noc(-c4ccccc4Cl)n3)(C1)C2. The Labute approximate surface area is 154 Å². The minimum absolute atomic E-state index is 0.241. The van der Waals surface area contributed by atoms with E-state index in [1.165, 1.54) is 32.1 Å². The Kier molecular flexibility index (Phi) is 4.59. The highest BCUT2D eigenvalue weighted by Crippen LogP contribution is 2.47. The number of aromatic nitrogens is 2. The van der Waals surface area contributed by atoms with Crippen molar-refractivity contribution in [1.82, 2.24) is 15.5 Å². The third-order valence-corrected chi connectivity index (χ3v) is 6.15. The van der Waals surface area contributed by atoms with Crippen LogP contribution >= 0.6 is 11.6 Å². The van der Waals surface area contributed by atoms with Gasteiger partial charge in [0.1, 0.15) is 0 Å². The standard InChI is InChI=1S/C20H26ClN3O/c1-13-7-15-8-14(2)10-20(9-13,11-15)22-12-18-23-19(25-24-18)16-5-3-4-6-17(16)21/h3-6,13-15,22H,7-12H2,1-2H3. The zero-order valence-electron chi connectivity index (χ0n) is 15.0. The van der Waals surface area contributed by atoms with Gasteiger partial charge < -0.3 is 9.84 Å². The molecule has 0 radical (unpaired) electrons. The number of rotatable bonds is 4. The molecule has 2 aliphatic carbocycles. The van der Waals surface area contributed by atoms with Gasteiger partial charge in [-0.25, -0.2) is 0 Å². The summed E-state index contributed by atoms with van der Waals surface area (Å²) in [7, 11) is 0. The van der Waals surface area contributed by atoms with E-state index in [0.29, 0.717) is 23.3 Å². The lowest BCUT2D eigenvalue weighted by molar-refractivity contribution is 0.0536. The Morgan fingerprint density at radius 3 is 2.60 bits per heavy atom. The summed E-state index contributed by atoms with van der Waals surface area (Å²) in [6, 6.07) is 7.57. The highest BCUT2D eigenvalue weighted by atomic mass is 35.5. The van der Waals surface area contributed by atoms with Gasteiger partial charge in [0.15, 0.2) is 5.82 Å². The second kappa shape index (κ2) is 6.73. The molecule has 0 aliphatic heterocycles. The van der Waals surface area contributed by atoms with Crippen LogP contribution in [0.1, 0.15) is 51.8 Å². The highest BCUT2D eigenvalue weighted by Gasteiger charge is 2.43. The molecule has 1 heterocycles. The minimum Gasteiger partial charge on any atom is -0.334 e. The predicted molar refractivity (Wildman–Crippen MR) is 99.2 cm³/mol. The van der Waals surface area contributed by atoms with E-state index < -0.39 is 0 Å². The average molecular weight is 360 g/mol. The molecule has 2 saturated carbocycles. The van der Waals surface area contributed by atoms with Crippen LogP contribution < -0.4 is 5.32 Å². The van der Waals surface area contributed by atoms with Crippen LogP contribution in [0.4, 0.5) is 0 Å². The van der Waals surface area contributed by atoms with Crippen molar-refractivity contribution >= 4 is 11.6 Å². The first-order valence-electron chi connectivity index (χ1n) is 9.35. The zero-order valence-corrected chi connectivity index (χ0v) is 15.7. The van der Waals surface area contributed by atoms with Gasteiger partial charge in [0.25, 0.3) is 5.89 Å². The summed E-state index contributed by atoms with van der Waals surface area (Å²) in [4.78, 5) is 4.54. The summed E-state index contributed by atoms with van der Waals surface area (Å²) in [5.74, 6) is 3.65. The lowest BCUT2D eigenvalue weighted by Crippen LogP contribution is -2.54. The van der Waals surface area contributed by atoms with Crippen LogP contribution in [0.15, 0.2) is 28.8 Å². The van der Waals surface area contributed by atoms with Gasteiger partial charge in [0, 0.05) is 5.54 Å². The Morgan fingerprint density at radius 2 is 1.88 bits per heavy atom. The number of halogens is 1. The first-order valence-corrected chi connectivity index (χ1v) is 9.73. The molecule has 1 aromatic carbocycles. The molecule has 134 valence electrons. The van der Waals surface area contributed by atoms with Crippen molar-refractivity contribution in [2.75, 3.05) is 0 Å². The van der Waals surface area contributed by atoms with E-state index in [0.717, 1.165) is 23.3 Å². The van der Waals surface area contributed by atoms with Crippen LogP contribution in [-0.4, -0.2) is 15.7 Å². The second-order valence-electron chi connectivity index (χ2n) is 8.29. The monoisotopic (exact) mass is 359 g/mol. The fourth-order valence-corrected chi connectivity index (χ4v) is 5.47. The average Bonchev–Trinajstić information content (AvgIpc) is 3.01. The molecule has 2 unspecified atom stereocenters. The smallest absolute Gasteiger partial charge is 0.259 e. The number of fused-ring (bicyclic) bond motifs is 2. The first kappa shape index (κ1) is 17.0. The highest BCUT2D eigenvalue weighted by molar-refractivity contribution is 6.33. The van der Waals surface area contributed by atoms with Crippen molar-refractivity contribution in [3.8, 4) is 11.5 Å². The molecule has 2 aromatic rings. The maximum Gasteiger partial charge on any atom is 0.259 e. The zero-order chi connectivity index (χ0) is 17.4. The minimum atomic E-state index is 0.241. The second-order valence-corrected chi connectivity index (χ2v) is 8.70. The molecule has 0 spiro atoms. The van der Waals surface area contributed by atoms with E-state index in [2.05, 4.69) is 29.3 Å². The molecule has 1 N–H and O–H groups in total. The van der Waals surface area contributed by atoms with Gasteiger partial charge in [-0.3, -0.25) is 0 Å². The Morgan fingerprint density at radius 1 is 1.16 bits per heavy atom. The molecule has 2 bridgehead atoms. The van der Waals surface area contributed by atoms with Gasteiger partial charge in [-0.15, -0.1) is 0 Å². The van der Waals surface area contributed by atoms with E-state index in [-0.39, 0.29) is 5.54 Å². The first-order chi connectivity index (χ1) is 12.0. The molecule has 4 rings (SSSR count). The molecule has 1 aromatic heterocycles. The van der Waals surface area contributed by atoms with Crippen LogP contribution in [0.25, 0.3) is 11.5 Å². The Hall–Kier alpha value is -1.39. The van der Waals surface area contributed by atoms with Gasteiger partial charge in [-0.1, -0.05) is 42.7 Å². The molecule has 2 aliphatic rings. The van der Waals surface area contributed by atoms with Gasteiger partial charge >= 0.3 is 0 Å². The molecule has 25 heavy (non-hydrogen) atoms. The molecular formula is C20H26ClN3O. The van der Waals surface area contributed by atoms with E-state index in [9.17, 15) is 0 Å². The van der Waals surface area contributed by atoms with E-state index >= 15 is 0 Å². The lowest BCUT2D eigenvalue weighted by atomic mass is 9.61. The summed E-state index contributed by atoms with van der Waals surface area (Å²) in [5, 5.41) is 8.59. The number of benzene rings is 1. The van der Waals surface area contributed by atoms with Gasteiger partial charge in [-0.05, 0) is 62.0 Å². The molecule has 0 saturated heterocycles. The maximum atomic E-state index is 6.22. The topological polar surface area (TPSA) is 51.0 Å². The van der Waals surface area contributed by atoms with Gasteiger partial charge in [0.05, 0.1) is 17.1 Å². The predicted octanol–water partition coefficient (Wildman–Crippen LogP) is 5.08. The lowest BCUT2D eigenvalue weighted by Gasteiger charge is -2.50. The Balaban J connectivity index is 1.47. The maximum absolute atomic E-state index is 6.22. The Bertz CT molecular complexity index is 725. The largest absolute Gasteiger partial charge is 0.334 e. The van der Waals surface area contributed by atoms with Crippen LogP contribution in [0.3, 0.4) is 0 Å². The van der Waals surface area contributed by atoms with Crippen LogP contribution in [0.5, 0.6) is 0 Å². The van der Waals surface area contributed by atoms with Crippen LogP contribution in [0, 0.1) is 17.8 Å². The van der Waals surface area contributed by atoms with E-state index in [1.54, 1.807) is 0 Å². The summed E-state index contributed by atoms with van der Waals surface area (Å²) in [5.41, 5.74) is 1.03. The van der Waals surface area contributed by atoms with E-state index in [4.69, 9.17) is 16.1 Å². The molecule has 2 fully saturated rings. The van der Waals surface area contributed by atoms with Crippen LogP contribution in [-0.2, 0) is 6.54 Å². The van der Waals surface area contributed by atoms with Crippen molar-refractivity contribution in [3.05, 3.63) is 35.1 Å². The summed E-state index contributed by atoms with van der Waals surface area (Å²) < 4.78 is 5.43. The van der Waals surface area contributed by atoms with Crippen molar-refractivity contribution in [2.24, 2.45) is 17.8 Å². The normalized spacial score (nSPS) is 31.9. The van der Waals surface area contributed by atoms with Crippen molar-refractivity contribution < 1.29 is 4.52 Å². The summed E-state index contributed by atoms with van der Waals surface area (Å²) in [6.07, 6.45) is 6.56. The number of hydrogen-bond donors (Lipinski definition) is 1. The van der Waals surface area contributed by atoms with Gasteiger partial charge in [-0.2, -0.15) is 4.98 Å². The third-order valence-electron chi connectivity index (χ3n) is 5.82. The summed E-state index contributed by atoms with van der Waals surface area (Å²) >= 11 is 6.22. The van der Waals surface area contributed by atoms with Crippen molar-refractivity contribution in [2.45, 2.75) is 58.0 Å². The summed E-state index contributed by atoms with van der Waals surface area (Å²) in [6.45, 7) is 5.44. The molecule has 5 heteroatoms. The third kappa shape index (κ3) is 3.61. The molecule has 2 atom stereocenters. The number of nitrogens with zero attached hydrogens (tertiary/aromatic N) is 2. The van der Waals surface area contributed by atoms with Crippen molar-refractivity contribution in [1.29, 1.82) is 0 Å². The number of hydrogen-bond acceptors (Lipinski definition) is 4. The van der Waals surface area contributed by atoms with Gasteiger partial charge in [0.2, 0.25) is 0 Å². The fourth-order valence-electron chi connectivity index (χ4n) is 5.26. The molecule has 0 amide bonds. The number of nitrogens with one attached hydrogen (secondary N) is 1. The molecular weight excluding hydrogens is 334 g/mol. The van der Waals surface area contributed by atoms with E-state index in [1.807, 2.05) is 24.3 Å². The molecule has 4 nitrogen and oxygen atoms in total. The van der Waals surface area contributed by atoms with Crippen molar-refractivity contribution in [3.63, 3.8) is 0 Å². The fraction of sp³-hybridized carbons (Fsp3) is 0.600.